The maximum atomic E-state index is 12.1. The molecule has 0 saturated heterocycles. The summed E-state index contributed by atoms with van der Waals surface area (Å²) in [6.45, 7) is 3.38. The molecule has 4 rings (SSSR count). The van der Waals surface area contributed by atoms with Gasteiger partial charge in [-0.25, -0.2) is 0 Å². The van der Waals surface area contributed by atoms with Gasteiger partial charge in [0.2, 0.25) is 18.6 Å². The minimum Gasteiger partial charge on any atom is -0.454 e. The molecule has 25 heavy (non-hydrogen) atoms. The predicted octanol–water partition coefficient (Wildman–Crippen LogP) is 1.73. The molecule has 1 aliphatic heterocycles. The van der Waals surface area contributed by atoms with Gasteiger partial charge in [-0.3, -0.25) is 9.59 Å². The molecule has 0 radical (unpaired) electrons. The summed E-state index contributed by atoms with van der Waals surface area (Å²) >= 11 is 0. The number of hydrogen-bond acceptors (Lipinski definition) is 4. The number of carbonyl (C=O) groups is 2. The SMILES string of the molecule is C[C@@H]1C[C@@H]1C(=O)NCCC(=O)NCC1(c2ccc3c(c2)OCO3)CC1. The van der Waals surface area contributed by atoms with Crippen molar-refractivity contribution < 1.29 is 19.1 Å². The van der Waals surface area contributed by atoms with Crippen molar-refractivity contribution in [2.75, 3.05) is 19.9 Å². The zero-order chi connectivity index (χ0) is 17.4. The summed E-state index contributed by atoms with van der Waals surface area (Å²) in [7, 11) is 0. The quantitative estimate of drug-likeness (QED) is 0.790. The Balaban J connectivity index is 1.23. The standard InChI is InChI=1S/C19H24N2O4/c1-12-8-14(12)18(23)20-7-4-17(22)21-10-19(5-6-19)13-2-3-15-16(9-13)25-11-24-15/h2-3,9,12,14H,4-8,10-11H2,1H3,(H,20,23)(H,21,22)/t12-,14+/m1/s1. The van der Waals surface area contributed by atoms with E-state index in [0.717, 1.165) is 30.8 Å². The second kappa shape index (κ2) is 6.24. The number of amides is 2. The van der Waals surface area contributed by atoms with Crippen molar-refractivity contribution in [1.82, 2.24) is 10.6 Å². The minimum atomic E-state index is -0.0174. The van der Waals surface area contributed by atoms with E-state index in [1.54, 1.807) is 0 Å². The highest BCUT2D eigenvalue weighted by Gasteiger charge is 2.45. The van der Waals surface area contributed by atoms with Crippen LogP contribution in [-0.4, -0.2) is 31.7 Å². The molecule has 2 fully saturated rings. The molecule has 2 amide bonds. The third kappa shape index (κ3) is 3.43. The second-order valence-electron chi connectivity index (χ2n) is 7.49. The van der Waals surface area contributed by atoms with E-state index < -0.39 is 0 Å². The Kier molecular flexibility index (Phi) is 4.06. The van der Waals surface area contributed by atoms with Crippen LogP contribution in [0.5, 0.6) is 11.5 Å². The van der Waals surface area contributed by atoms with Crippen LogP contribution in [-0.2, 0) is 15.0 Å². The molecule has 1 heterocycles. The molecular weight excluding hydrogens is 320 g/mol. The average molecular weight is 344 g/mol. The fourth-order valence-electron chi connectivity index (χ4n) is 3.42. The number of hydrogen-bond donors (Lipinski definition) is 2. The van der Waals surface area contributed by atoms with E-state index in [1.807, 2.05) is 12.1 Å². The zero-order valence-electron chi connectivity index (χ0n) is 14.5. The lowest BCUT2D eigenvalue weighted by Crippen LogP contribution is -2.35. The van der Waals surface area contributed by atoms with Crippen LogP contribution in [0.15, 0.2) is 18.2 Å². The first-order valence-electron chi connectivity index (χ1n) is 9.02. The Labute approximate surface area is 147 Å². The molecule has 0 aromatic heterocycles. The van der Waals surface area contributed by atoms with E-state index in [1.165, 1.54) is 5.56 Å². The van der Waals surface area contributed by atoms with Crippen molar-refractivity contribution in [2.45, 2.75) is 38.0 Å². The molecular formula is C19H24N2O4. The van der Waals surface area contributed by atoms with Crippen LogP contribution in [0, 0.1) is 11.8 Å². The normalized spacial score (nSPS) is 24.5. The summed E-state index contributed by atoms with van der Waals surface area (Å²) in [6.07, 6.45) is 3.41. The maximum Gasteiger partial charge on any atom is 0.231 e. The average Bonchev–Trinajstić information content (AvgIpc) is 3.50. The van der Waals surface area contributed by atoms with Gasteiger partial charge < -0.3 is 20.1 Å². The highest BCUT2D eigenvalue weighted by molar-refractivity contribution is 5.82. The molecule has 2 atom stereocenters. The predicted molar refractivity (Wildman–Crippen MR) is 91.4 cm³/mol. The highest BCUT2D eigenvalue weighted by atomic mass is 16.7. The van der Waals surface area contributed by atoms with E-state index >= 15 is 0 Å². The van der Waals surface area contributed by atoms with Crippen molar-refractivity contribution in [2.24, 2.45) is 11.8 Å². The third-order valence-electron chi connectivity index (χ3n) is 5.56. The molecule has 1 aromatic carbocycles. The fourth-order valence-corrected chi connectivity index (χ4v) is 3.42. The van der Waals surface area contributed by atoms with E-state index in [2.05, 4.69) is 23.6 Å². The summed E-state index contributed by atoms with van der Waals surface area (Å²) in [4.78, 5) is 23.8. The van der Waals surface area contributed by atoms with Crippen LogP contribution in [0.25, 0.3) is 0 Å². The van der Waals surface area contributed by atoms with Crippen LogP contribution in [0.1, 0.15) is 38.2 Å². The maximum absolute atomic E-state index is 12.1. The Morgan fingerprint density at radius 3 is 2.68 bits per heavy atom. The topological polar surface area (TPSA) is 76.7 Å². The van der Waals surface area contributed by atoms with Crippen LogP contribution in [0.3, 0.4) is 0 Å². The summed E-state index contributed by atoms with van der Waals surface area (Å²) in [5, 5.41) is 5.87. The lowest BCUT2D eigenvalue weighted by molar-refractivity contribution is -0.123. The number of carbonyl (C=O) groups excluding carboxylic acids is 2. The largest absolute Gasteiger partial charge is 0.454 e. The van der Waals surface area contributed by atoms with Gasteiger partial charge in [-0.05, 0) is 42.9 Å². The van der Waals surface area contributed by atoms with Crippen LogP contribution in [0.2, 0.25) is 0 Å². The van der Waals surface area contributed by atoms with Gasteiger partial charge in [0.15, 0.2) is 11.5 Å². The van der Waals surface area contributed by atoms with Gasteiger partial charge in [-0.2, -0.15) is 0 Å². The minimum absolute atomic E-state index is 0.0172. The number of benzene rings is 1. The van der Waals surface area contributed by atoms with Gasteiger partial charge in [0.25, 0.3) is 0 Å². The van der Waals surface area contributed by atoms with Gasteiger partial charge in [0.05, 0.1) is 0 Å². The van der Waals surface area contributed by atoms with Gasteiger partial charge in [0.1, 0.15) is 0 Å². The van der Waals surface area contributed by atoms with E-state index in [0.29, 0.717) is 25.4 Å². The van der Waals surface area contributed by atoms with Crippen molar-refractivity contribution >= 4 is 11.8 Å². The number of nitrogens with one attached hydrogen (secondary N) is 2. The molecule has 0 bridgehead atoms. The monoisotopic (exact) mass is 344 g/mol. The van der Waals surface area contributed by atoms with Crippen molar-refractivity contribution in [3.8, 4) is 11.5 Å². The van der Waals surface area contributed by atoms with E-state index in [4.69, 9.17) is 9.47 Å². The van der Waals surface area contributed by atoms with Crippen LogP contribution in [0.4, 0.5) is 0 Å². The Morgan fingerprint density at radius 1 is 1.20 bits per heavy atom. The fraction of sp³-hybridized carbons (Fsp3) is 0.579. The lowest BCUT2D eigenvalue weighted by atomic mass is 9.95. The van der Waals surface area contributed by atoms with E-state index in [9.17, 15) is 9.59 Å². The third-order valence-corrected chi connectivity index (χ3v) is 5.56. The first kappa shape index (κ1) is 16.2. The molecule has 1 aromatic rings. The molecule has 0 unspecified atom stereocenters. The molecule has 2 saturated carbocycles. The van der Waals surface area contributed by atoms with Gasteiger partial charge in [-0.1, -0.05) is 13.0 Å². The first-order valence-corrected chi connectivity index (χ1v) is 9.02. The summed E-state index contributed by atoms with van der Waals surface area (Å²) in [5.74, 6) is 2.28. The zero-order valence-corrected chi connectivity index (χ0v) is 14.5. The van der Waals surface area contributed by atoms with Crippen LogP contribution < -0.4 is 20.1 Å². The number of rotatable bonds is 7. The Hall–Kier alpha value is -2.24. The lowest BCUT2D eigenvalue weighted by Gasteiger charge is -2.17. The Morgan fingerprint density at radius 2 is 1.96 bits per heavy atom. The highest BCUT2D eigenvalue weighted by Crippen LogP contribution is 2.49. The molecule has 0 spiro atoms. The molecule has 2 aliphatic carbocycles. The summed E-state index contributed by atoms with van der Waals surface area (Å²) in [6, 6.07) is 6.02. The molecule has 2 N–H and O–H groups in total. The molecule has 134 valence electrons. The number of fused-ring (bicyclic) bond motifs is 1. The smallest absolute Gasteiger partial charge is 0.231 e. The van der Waals surface area contributed by atoms with E-state index in [-0.39, 0.29) is 29.9 Å². The summed E-state index contributed by atoms with van der Waals surface area (Å²) < 4.78 is 10.8. The summed E-state index contributed by atoms with van der Waals surface area (Å²) in [5.41, 5.74) is 1.21. The first-order chi connectivity index (χ1) is 12.1. The molecule has 6 nitrogen and oxygen atoms in total. The number of ether oxygens (including phenoxy) is 2. The van der Waals surface area contributed by atoms with Crippen molar-refractivity contribution in [3.05, 3.63) is 23.8 Å². The molecule has 3 aliphatic rings. The second-order valence-corrected chi connectivity index (χ2v) is 7.49. The van der Waals surface area contributed by atoms with Crippen LogP contribution >= 0.6 is 0 Å². The Bertz CT molecular complexity index is 699. The van der Waals surface area contributed by atoms with Gasteiger partial charge in [0, 0.05) is 30.8 Å². The van der Waals surface area contributed by atoms with Gasteiger partial charge in [-0.15, -0.1) is 0 Å². The van der Waals surface area contributed by atoms with Gasteiger partial charge >= 0.3 is 0 Å². The van der Waals surface area contributed by atoms with Crippen molar-refractivity contribution in [3.63, 3.8) is 0 Å². The van der Waals surface area contributed by atoms with Crippen molar-refractivity contribution in [1.29, 1.82) is 0 Å². The molecule has 6 heteroatoms.